The molecule has 13 heavy (non-hydrogen) atoms. The summed E-state index contributed by atoms with van der Waals surface area (Å²) < 4.78 is 7.48. The molecule has 0 N–H and O–H groups in total. The molecule has 2 rings (SSSR count). The van der Waals surface area contributed by atoms with Crippen molar-refractivity contribution in [2.75, 3.05) is 6.61 Å². The molecule has 0 atom stereocenters. The highest BCUT2D eigenvalue weighted by Gasteiger charge is 2.33. The zero-order chi connectivity index (χ0) is 9.15. The molecule has 1 aliphatic heterocycles. The van der Waals surface area contributed by atoms with Gasteiger partial charge >= 0.3 is 0 Å². The van der Waals surface area contributed by atoms with E-state index in [1.54, 1.807) is 0 Å². The van der Waals surface area contributed by atoms with Gasteiger partial charge in [0.1, 0.15) is 0 Å². The molecule has 0 amide bonds. The van der Waals surface area contributed by atoms with E-state index in [1.807, 2.05) is 0 Å². The molecule has 2 heteroatoms. The number of hydrogen-bond donors (Lipinski definition) is 0. The number of rotatable bonds is 0. The summed E-state index contributed by atoms with van der Waals surface area (Å²) >= 11 is 2.46. The first kappa shape index (κ1) is 9.97. The van der Waals surface area contributed by atoms with Crippen molar-refractivity contribution in [2.45, 2.75) is 50.5 Å². The average molecular weight is 292 g/mol. The van der Waals surface area contributed by atoms with Gasteiger partial charge in [0.15, 0.2) is 0 Å². The standard InChI is InChI=1S/C11H17IO/c12-10-5-8-13-11(9-10)6-3-1-2-4-7-11/h5H,1-4,6-9H2. The molecule has 1 heterocycles. The predicted octanol–water partition coefficient (Wildman–Crippen LogP) is 3.82. The summed E-state index contributed by atoms with van der Waals surface area (Å²) in [5.74, 6) is 0. The third-order valence-corrected chi connectivity index (χ3v) is 4.02. The first-order valence-corrected chi connectivity index (χ1v) is 6.37. The molecular formula is C11H17IO. The van der Waals surface area contributed by atoms with Gasteiger partial charge in [0.2, 0.25) is 0 Å². The van der Waals surface area contributed by atoms with E-state index in [2.05, 4.69) is 28.7 Å². The lowest BCUT2D eigenvalue weighted by Gasteiger charge is -2.35. The van der Waals surface area contributed by atoms with Crippen molar-refractivity contribution in [3.05, 3.63) is 9.66 Å². The third-order valence-electron chi connectivity index (χ3n) is 3.20. The van der Waals surface area contributed by atoms with Gasteiger partial charge in [-0.2, -0.15) is 0 Å². The second-order valence-corrected chi connectivity index (χ2v) is 5.62. The molecule has 0 aromatic rings. The van der Waals surface area contributed by atoms with E-state index in [1.165, 1.54) is 48.5 Å². The SMILES string of the molecule is IC1=CCOC2(CCCCCC2)C1. The lowest BCUT2D eigenvalue weighted by molar-refractivity contribution is -0.0478. The van der Waals surface area contributed by atoms with Crippen LogP contribution in [0.4, 0.5) is 0 Å². The Balaban J connectivity index is 2.05. The van der Waals surface area contributed by atoms with Crippen molar-refractivity contribution >= 4 is 22.6 Å². The van der Waals surface area contributed by atoms with Gasteiger partial charge in [-0.15, -0.1) is 0 Å². The first-order chi connectivity index (χ1) is 6.31. The molecule has 0 aromatic carbocycles. The molecule has 0 bridgehead atoms. The Labute approximate surface area is 94.1 Å². The topological polar surface area (TPSA) is 9.23 Å². The summed E-state index contributed by atoms with van der Waals surface area (Å²) in [5, 5.41) is 0. The van der Waals surface area contributed by atoms with Gasteiger partial charge in [0.05, 0.1) is 12.2 Å². The smallest absolute Gasteiger partial charge is 0.0731 e. The number of halogens is 1. The fourth-order valence-corrected chi connectivity index (χ4v) is 3.31. The maximum atomic E-state index is 5.98. The molecule has 1 aliphatic carbocycles. The van der Waals surface area contributed by atoms with Gasteiger partial charge in [-0.1, -0.05) is 25.7 Å². The Hall–Kier alpha value is 0.430. The highest BCUT2D eigenvalue weighted by molar-refractivity contribution is 14.1. The lowest BCUT2D eigenvalue weighted by atomic mass is 9.89. The molecule has 0 radical (unpaired) electrons. The van der Waals surface area contributed by atoms with Gasteiger partial charge in [0.25, 0.3) is 0 Å². The molecule has 0 saturated heterocycles. The number of ether oxygens (including phenoxy) is 1. The van der Waals surface area contributed by atoms with Crippen LogP contribution >= 0.6 is 22.6 Å². The third kappa shape index (κ3) is 2.46. The van der Waals surface area contributed by atoms with Crippen LogP contribution in [0.5, 0.6) is 0 Å². The van der Waals surface area contributed by atoms with Crippen molar-refractivity contribution in [3.8, 4) is 0 Å². The Morgan fingerprint density at radius 2 is 1.85 bits per heavy atom. The normalized spacial score (nSPS) is 28.2. The van der Waals surface area contributed by atoms with Gasteiger partial charge in [-0.3, -0.25) is 0 Å². The summed E-state index contributed by atoms with van der Waals surface area (Å²) in [6.45, 7) is 0.846. The van der Waals surface area contributed by atoms with Crippen LogP contribution in [0, 0.1) is 0 Å². The van der Waals surface area contributed by atoms with E-state index in [-0.39, 0.29) is 5.60 Å². The van der Waals surface area contributed by atoms with Crippen molar-refractivity contribution in [1.82, 2.24) is 0 Å². The molecule has 0 aromatic heterocycles. The molecule has 1 saturated carbocycles. The van der Waals surface area contributed by atoms with Crippen LogP contribution < -0.4 is 0 Å². The highest BCUT2D eigenvalue weighted by atomic mass is 127. The van der Waals surface area contributed by atoms with Crippen LogP contribution in [0.15, 0.2) is 9.66 Å². The summed E-state index contributed by atoms with van der Waals surface area (Å²) in [6, 6.07) is 0. The lowest BCUT2D eigenvalue weighted by Crippen LogP contribution is -2.34. The molecule has 1 nitrogen and oxygen atoms in total. The summed E-state index contributed by atoms with van der Waals surface area (Å²) in [4.78, 5) is 0. The monoisotopic (exact) mass is 292 g/mol. The van der Waals surface area contributed by atoms with Crippen LogP contribution in [-0.2, 0) is 4.74 Å². The zero-order valence-corrected chi connectivity index (χ0v) is 10.2. The van der Waals surface area contributed by atoms with Crippen LogP contribution in [0.3, 0.4) is 0 Å². The molecule has 2 aliphatic rings. The molecule has 1 spiro atoms. The Morgan fingerprint density at radius 3 is 2.46 bits per heavy atom. The summed E-state index contributed by atoms with van der Waals surface area (Å²) in [6.07, 6.45) is 11.5. The fourth-order valence-electron chi connectivity index (χ4n) is 2.43. The Bertz CT molecular complexity index is 202. The van der Waals surface area contributed by atoms with E-state index in [0.717, 1.165) is 6.61 Å². The highest BCUT2D eigenvalue weighted by Crippen LogP contribution is 2.39. The zero-order valence-electron chi connectivity index (χ0n) is 8.02. The quantitative estimate of drug-likeness (QED) is 0.617. The maximum absolute atomic E-state index is 5.98. The predicted molar refractivity (Wildman–Crippen MR) is 63.1 cm³/mol. The first-order valence-electron chi connectivity index (χ1n) is 5.29. The Morgan fingerprint density at radius 1 is 1.15 bits per heavy atom. The van der Waals surface area contributed by atoms with Gasteiger partial charge < -0.3 is 4.74 Å². The van der Waals surface area contributed by atoms with Crippen molar-refractivity contribution in [1.29, 1.82) is 0 Å². The van der Waals surface area contributed by atoms with E-state index in [9.17, 15) is 0 Å². The van der Waals surface area contributed by atoms with Crippen molar-refractivity contribution in [3.63, 3.8) is 0 Å². The molecule has 1 fully saturated rings. The second kappa shape index (κ2) is 4.30. The van der Waals surface area contributed by atoms with E-state index < -0.39 is 0 Å². The fraction of sp³-hybridized carbons (Fsp3) is 0.818. The molecular weight excluding hydrogens is 275 g/mol. The van der Waals surface area contributed by atoms with Crippen LogP contribution in [-0.4, -0.2) is 12.2 Å². The van der Waals surface area contributed by atoms with Crippen molar-refractivity contribution < 1.29 is 4.74 Å². The minimum Gasteiger partial charge on any atom is -0.371 e. The average Bonchev–Trinajstić information content (AvgIpc) is 2.31. The maximum Gasteiger partial charge on any atom is 0.0731 e. The van der Waals surface area contributed by atoms with E-state index in [4.69, 9.17) is 4.74 Å². The molecule has 74 valence electrons. The summed E-state index contributed by atoms with van der Waals surface area (Å²) in [7, 11) is 0. The van der Waals surface area contributed by atoms with E-state index >= 15 is 0 Å². The number of hydrogen-bond acceptors (Lipinski definition) is 1. The minimum atomic E-state index is 0.238. The van der Waals surface area contributed by atoms with Crippen LogP contribution in [0.2, 0.25) is 0 Å². The van der Waals surface area contributed by atoms with Gasteiger partial charge in [-0.05, 0) is 45.1 Å². The van der Waals surface area contributed by atoms with Crippen molar-refractivity contribution in [2.24, 2.45) is 0 Å². The molecule has 0 unspecified atom stereocenters. The minimum absolute atomic E-state index is 0.238. The largest absolute Gasteiger partial charge is 0.371 e. The van der Waals surface area contributed by atoms with Gasteiger partial charge in [0, 0.05) is 6.42 Å². The van der Waals surface area contributed by atoms with Gasteiger partial charge in [-0.25, -0.2) is 0 Å². The Kier molecular flexibility index (Phi) is 3.30. The summed E-state index contributed by atoms with van der Waals surface area (Å²) in [5.41, 5.74) is 0.238. The van der Waals surface area contributed by atoms with E-state index in [0.29, 0.717) is 0 Å². The second-order valence-electron chi connectivity index (χ2n) is 4.24. The van der Waals surface area contributed by atoms with Crippen LogP contribution in [0.25, 0.3) is 0 Å². The van der Waals surface area contributed by atoms with Crippen LogP contribution in [0.1, 0.15) is 44.9 Å².